The Kier molecular flexibility index (Phi) is 9.71. The fraction of sp³-hybridized carbons (Fsp3) is 0.467. The average molecular weight is 558 g/mol. The minimum atomic E-state index is -0.945. The number of aliphatic hydroxyl groups is 2. The van der Waals surface area contributed by atoms with E-state index in [0.29, 0.717) is 30.4 Å². The van der Waals surface area contributed by atoms with Crippen LogP contribution in [-0.4, -0.2) is 58.5 Å². The van der Waals surface area contributed by atoms with E-state index in [1.807, 2.05) is 30.5 Å². The molecule has 1 aromatic heterocycles. The third kappa shape index (κ3) is 6.32. The summed E-state index contributed by atoms with van der Waals surface area (Å²) in [5.74, 6) is -3.64. The lowest BCUT2D eigenvalue weighted by Gasteiger charge is -2.36. The van der Waals surface area contributed by atoms with E-state index >= 15 is 0 Å². The van der Waals surface area contributed by atoms with Gasteiger partial charge in [-0.15, -0.1) is 11.3 Å². The van der Waals surface area contributed by atoms with E-state index in [2.05, 4.69) is 0 Å². The van der Waals surface area contributed by atoms with Gasteiger partial charge in [-0.25, -0.2) is 4.39 Å². The number of hydrogen-bond donors (Lipinski definition) is 3. The number of amides is 2. The Morgan fingerprint density at radius 3 is 2.69 bits per heavy atom. The molecule has 1 saturated heterocycles. The van der Waals surface area contributed by atoms with Crippen LogP contribution < -0.4 is 0 Å². The number of nitrogens with zero attached hydrogens (tertiary/aromatic N) is 1. The monoisotopic (exact) mass is 557 g/mol. The number of allylic oxidation sites excluding steroid dienone is 1. The predicted octanol–water partition coefficient (Wildman–Crippen LogP) is 4.67. The summed E-state index contributed by atoms with van der Waals surface area (Å²) in [5.41, 5.74) is 2.98. The second kappa shape index (κ2) is 13.0. The van der Waals surface area contributed by atoms with Crippen LogP contribution in [0.15, 0.2) is 52.4 Å². The van der Waals surface area contributed by atoms with Crippen molar-refractivity contribution in [2.75, 3.05) is 20.3 Å². The molecule has 2 amide bonds. The molecule has 4 rings (SSSR count). The maximum atomic E-state index is 13.9. The van der Waals surface area contributed by atoms with Crippen molar-refractivity contribution in [1.82, 2.24) is 4.90 Å². The third-order valence-corrected chi connectivity index (χ3v) is 8.56. The molecule has 2 aliphatic rings. The molecule has 0 bridgehead atoms. The molecule has 2 heterocycles. The van der Waals surface area contributed by atoms with E-state index in [1.54, 1.807) is 13.2 Å². The van der Waals surface area contributed by atoms with Gasteiger partial charge in [0, 0.05) is 17.9 Å². The number of hydrogen-bond acceptors (Lipinski definition) is 7. The molecule has 2 aromatic rings. The number of thiophene rings is 1. The largest absolute Gasteiger partial charge is 0.505 e. The van der Waals surface area contributed by atoms with Gasteiger partial charge in [-0.05, 0) is 66.0 Å². The number of benzene rings is 1. The number of halogens is 1. The number of methoxy groups -OCH3 is 1. The van der Waals surface area contributed by atoms with Crippen LogP contribution in [0.1, 0.15) is 49.5 Å². The zero-order valence-electron chi connectivity index (χ0n) is 22.3. The number of aromatic hydroxyl groups is 1. The van der Waals surface area contributed by atoms with Crippen LogP contribution in [0.2, 0.25) is 0 Å². The number of imide groups is 1. The molecule has 3 N–H and O–H groups in total. The summed E-state index contributed by atoms with van der Waals surface area (Å²) in [7, 11) is 1.54. The molecular weight excluding hydrogens is 521 g/mol. The minimum absolute atomic E-state index is 0.197. The standard InChI is InChI=1S/C30H36FNO6S/c1-3-5-18(12-19-8-9-25(34)24(31)13-19)7-10-26(35)27-20(17-38-2)14-22-28(23(27)16-33)30(37)32(29(22)36)15-21-6-4-11-39-21/h4,6,8-9,11-13,22-23,26,28,33-35H,3,5,7,10,14-17H2,1-2H3/b18-12+/t22-,23+,26-,28-/m1/s1. The van der Waals surface area contributed by atoms with E-state index in [4.69, 9.17) is 4.74 Å². The molecule has 4 atom stereocenters. The topological polar surface area (TPSA) is 107 Å². The highest BCUT2D eigenvalue weighted by molar-refractivity contribution is 7.09. The molecule has 0 radical (unpaired) electrons. The van der Waals surface area contributed by atoms with Gasteiger partial charge < -0.3 is 20.1 Å². The first-order valence-corrected chi connectivity index (χ1v) is 14.2. The van der Waals surface area contributed by atoms with Gasteiger partial charge >= 0.3 is 0 Å². The van der Waals surface area contributed by atoms with Gasteiger partial charge in [-0.2, -0.15) is 0 Å². The summed E-state index contributed by atoms with van der Waals surface area (Å²) in [4.78, 5) is 29.0. The Morgan fingerprint density at radius 1 is 1.26 bits per heavy atom. The number of likely N-dealkylation sites (tertiary alicyclic amines) is 1. The Morgan fingerprint density at radius 2 is 2.05 bits per heavy atom. The lowest BCUT2D eigenvalue weighted by molar-refractivity contribution is -0.140. The molecule has 0 unspecified atom stereocenters. The van der Waals surface area contributed by atoms with Crippen molar-refractivity contribution >= 4 is 29.2 Å². The summed E-state index contributed by atoms with van der Waals surface area (Å²) in [6.45, 7) is 2.08. The van der Waals surface area contributed by atoms with Crippen molar-refractivity contribution in [2.24, 2.45) is 17.8 Å². The van der Waals surface area contributed by atoms with Crippen LogP contribution in [0, 0.1) is 23.6 Å². The Labute approximate surface area is 232 Å². The lowest BCUT2D eigenvalue weighted by Crippen LogP contribution is -2.39. The molecule has 0 saturated carbocycles. The number of carbonyl (C=O) groups is 2. The van der Waals surface area contributed by atoms with Crippen molar-refractivity contribution in [2.45, 2.75) is 51.7 Å². The fourth-order valence-corrected chi connectivity index (χ4v) is 6.65. The minimum Gasteiger partial charge on any atom is -0.505 e. The number of aliphatic hydroxyl groups excluding tert-OH is 2. The van der Waals surface area contributed by atoms with E-state index < -0.39 is 35.4 Å². The molecule has 7 nitrogen and oxygen atoms in total. The van der Waals surface area contributed by atoms with E-state index in [1.165, 1.54) is 28.4 Å². The number of ether oxygens (including phenoxy) is 1. The number of phenolic OH excluding ortho intramolecular Hbond substituents is 1. The van der Waals surface area contributed by atoms with Gasteiger partial charge in [0.05, 0.1) is 37.7 Å². The second-order valence-electron chi connectivity index (χ2n) is 10.3. The fourth-order valence-electron chi connectivity index (χ4n) is 5.96. The van der Waals surface area contributed by atoms with Crippen LogP contribution in [-0.2, 0) is 20.9 Å². The highest BCUT2D eigenvalue weighted by atomic mass is 32.1. The molecule has 1 fully saturated rings. The maximum absolute atomic E-state index is 13.9. The van der Waals surface area contributed by atoms with Crippen LogP contribution >= 0.6 is 11.3 Å². The molecule has 0 spiro atoms. The number of carbonyl (C=O) groups excluding carboxylic acids is 2. The number of phenols is 1. The SMILES string of the molecule is CCC/C(=C\c1ccc(O)c(F)c1)CC[C@@H](O)C1=C(COC)C[C@H]2C(=O)N(Cc3cccs3)C(=O)[C@H]2[C@H]1CO. The maximum Gasteiger partial charge on any atom is 0.234 e. The van der Waals surface area contributed by atoms with Gasteiger partial charge in [0.1, 0.15) is 0 Å². The molecule has 9 heteroatoms. The highest BCUT2D eigenvalue weighted by Gasteiger charge is 2.54. The first kappa shape index (κ1) is 29.1. The average Bonchev–Trinajstić information content (AvgIpc) is 3.51. The van der Waals surface area contributed by atoms with E-state index in [9.17, 15) is 29.3 Å². The van der Waals surface area contributed by atoms with Crippen molar-refractivity contribution in [3.63, 3.8) is 0 Å². The zero-order chi connectivity index (χ0) is 28.1. The first-order chi connectivity index (χ1) is 18.8. The van der Waals surface area contributed by atoms with Crippen LogP contribution in [0.4, 0.5) is 4.39 Å². The third-order valence-electron chi connectivity index (χ3n) is 7.70. The van der Waals surface area contributed by atoms with Gasteiger partial charge in [0.15, 0.2) is 11.6 Å². The molecule has 39 heavy (non-hydrogen) atoms. The van der Waals surface area contributed by atoms with Crippen LogP contribution in [0.3, 0.4) is 0 Å². The zero-order valence-corrected chi connectivity index (χ0v) is 23.1. The van der Waals surface area contributed by atoms with Crippen LogP contribution in [0.25, 0.3) is 6.08 Å². The Hall–Kier alpha value is -2.85. The summed E-state index contributed by atoms with van der Waals surface area (Å²) in [6, 6.07) is 7.98. The van der Waals surface area contributed by atoms with Gasteiger partial charge in [-0.3, -0.25) is 14.5 Å². The number of fused-ring (bicyclic) bond motifs is 1. The highest BCUT2D eigenvalue weighted by Crippen LogP contribution is 2.46. The Balaban J connectivity index is 1.57. The van der Waals surface area contributed by atoms with E-state index in [-0.39, 0.29) is 31.6 Å². The second-order valence-corrected chi connectivity index (χ2v) is 11.3. The summed E-state index contributed by atoms with van der Waals surface area (Å²) < 4.78 is 19.3. The molecule has 1 aliphatic heterocycles. The van der Waals surface area contributed by atoms with Crippen molar-refractivity contribution < 1.29 is 34.0 Å². The normalized spacial score (nSPS) is 22.5. The lowest BCUT2D eigenvalue weighted by atomic mass is 9.68. The molecule has 1 aromatic carbocycles. The van der Waals surface area contributed by atoms with E-state index in [0.717, 1.165) is 28.9 Å². The number of rotatable bonds is 12. The van der Waals surface area contributed by atoms with Gasteiger partial charge in [-0.1, -0.05) is 37.1 Å². The molecule has 210 valence electrons. The smallest absolute Gasteiger partial charge is 0.234 e. The van der Waals surface area contributed by atoms with Crippen molar-refractivity contribution in [1.29, 1.82) is 0 Å². The quantitative estimate of drug-likeness (QED) is 0.259. The summed E-state index contributed by atoms with van der Waals surface area (Å²) in [6.07, 6.45) is 3.69. The summed E-state index contributed by atoms with van der Waals surface area (Å²) in [5, 5.41) is 33.3. The van der Waals surface area contributed by atoms with Crippen molar-refractivity contribution in [3.05, 3.63) is 68.7 Å². The van der Waals surface area contributed by atoms with Gasteiger partial charge in [0.2, 0.25) is 11.8 Å². The molecule has 1 aliphatic carbocycles. The van der Waals surface area contributed by atoms with Gasteiger partial charge in [0.25, 0.3) is 0 Å². The first-order valence-electron chi connectivity index (χ1n) is 13.3. The molecular formula is C30H36FNO6S. The van der Waals surface area contributed by atoms with Crippen molar-refractivity contribution in [3.8, 4) is 5.75 Å². The predicted molar refractivity (Wildman–Crippen MR) is 147 cm³/mol. The Bertz CT molecular complexity index is 1240. The summed E-state index contributed by atoms with van der Waals surface area (Å²) >= 11 is 1.48. The van der Waals surface area contributed by atoms with Crippen LogP contribution in [0.5, 0.6) is 5.75 Å².